The number of methoxy groups -OCH3 is 1. The second kappa shape index (κ2) is 6.76. The molecule has 0 bridgehead atoms. The minimum absolute atomic E-state index is 0.277. The SMILES string of the molecule is COc1cccc(-c2nnc(NC(=O)c3cccc(Cl)c3)s2)c1. The molecule has 0 radical (unpaired) electrons. The normalized spacial score (nSPS) is 10.3. The molecule has 0 fully saturated rings. The molecule has 3 rings (SSSR count). The molecule has 5 nitrogen and oxygen atoms in total. The summed E-state index contributed by atoms with van der Waals surface area (Å²) in [7, 11) is 1.61. The van der Waals surface area contributed by atoms with E-state index in [0.29, 0.717) is 20.7 Å². The number of hydrogen-bond acceptors (Lipinski definition) is 5. The first-order valence-corrected chi connectivity index (χ1v) is 7.90. The second-order valence-electron chi connectivity index (χ2n) is 4.61. The lowest BCUT2D eigenvalue weighted by Crippen LogP contribution is -2.11. The molecular formula is C16H12ClN3O2S. The average molecular weight is 346 g/mol. The Morgan fingerprint density at radius 2 is 2.00 bits per heavy atom. The summed E-state index contributed by atoms with van der Waals surface area (Å²) in [6.07, 6.45) is 0. The van der Waals surface area contributed by atoms with E-state index < -0.39 is 0 Å². The van der Waals surface area contributed by atoms with Crippen LogP contribution in [-0.2, 0) is 0 Å². The van der Waals surface area contributed by atoms with E-state index in [2.05, 4.69) is 15.5 Å². The smallest absolute Gasteiger partial charge is 0.257 e. The van der Waals surface area contributed by atoms with Gasteiger partial charge in [0.1, 0.15) is 10.8 Å². The molecule has 0 atom stereocenters. The van der Waals surface area contributed by atoms with Crippen LogP contribution in [0.1, 0.15) is 10.4 Å². The van der Waals surface area contributed by atoms with Gasteiger partial charge in [-0.1, -0.05) is 41.1 Å². The van der Waals surface area contributed by atoms with Gasteiger partial charge in [-0.2, -0.15) is 0 Å². The summed E-state index contributed by atoms with van der Waals surface area (Å²) < 4.78 is 5.19. The number of amides is 1. The lowest BCUT2D eigenvalue weighted by atomic mass is 10.2. The minimum Gasteiger partial charge on any atom is -0.497 e. The monoisotopic (exact) mass is 345 g/mol. The average Bonchev–Trinajstić information content (AvgIpc) is 3.03. The molecule has 1 N–H and O–H groups in total. The molecule has 1 heterocycles. The predicted octanol–water partition coefficient (Wildman–Crippen LogP) is 4.12. The minimum atomic E-state index is -0.277. The van der Waals surface area contributed by atoms with Gasteiger partial charge in [0.15, 0.2) is 0 Å². The summed E-state index contributed by atoms with van der Waals surface area (Å²) in [6.45, 7) is 0. The van der Waals surface area contributed by atoms with E-state index in [1.807, 2.05) is 24.3 Å². The lowest BCUT2D eigenvalue weighted by Gasteiger charge is -2.01. The molecule has 2 aromatic carbocycles. The number of benzene rings is 2. The van der Waals surface area contributed by atoms with E-state index in [-0.39, 0.29) is 5.91 Å². The van der Waals surface area contributed by atoms with Crippen molar-refractivity contribution >= 4 is 34.0 Å². The van der Waals surface area contributed by atoms with Crippen molar-refractivity contribution in [1.29, 1.82) is 0 Å². The van der Waals surface area contributed by atoms with E-state index in [4.69, 9.17) is 16.3 Å². The molecule has 1 aromatic heterocycles. The van der Waals surface area contributed by atoms with Gasteiger partial charge in [0.2, 0.25) is 5.13 Å². The number of rotatable bonds is 4. The first-order valence-electron chi connectivity index (χ1n) is 6.70. The van der Waals surface area contributed by atoms with Crippen LogP contribution in [0.5, 0.6) is 5.75 Å². The first-order chi connectivity index (χ1) is 11.2. The van der Waals surface area contributed by atoms with E-state index in [1.54, 1.807) is 31.4 Å². The number of halogens is 1. The second-order valence-corrected chi connectivity index (χ2v) is 6.02. The molecule has 0 aliphatic heterocycles. The highest BCUT2D eigenvalue weighted by molar-refractivity contribution is 7.18. The zero-order valence-corrected chi connectivity index (χ0v) is 13.7. The van der Waals surface area contributed by atoms with Crippen molar-refractivity contribution in [2.24, 2.45) is 0 Å². The van der Waals surface area contributed by atoms with E-state index in [9.17, 15) is 4.79 Å². The van der Waals surface area contributed by atoms with Crippen molar-refractivity contribution in [2.45, 2.75) is 0 Å². The number of nitrogens with zero attached hydrogens (tertiary/aromatic N) is 2. The fourth-order valence-corrected chi connectivity index (χ4v) is 2.87. The topological polar surface area (TPSA) is 64.1 Å². The Kier molecular flexibility index (Phi) is 4.55. The Morgan fingerprint density at radius 1 is 1.17 bits per heavy atom. The van der Waals surface area contributed by atoms with Gasteiger partial charge in [0.25, 0.3) is 5.91 Å². The van der Waals surface area contributed by atoms with Crippen LogP contribution in [-0.4, -0.2) is 23.2 Å². The van der Waals surface area contributed by atoms with Crippen LogP contribution in [0, 0.1) is 0 Å². The molecule has 0 unspecified atom stereocenters. The molecule has 0 aliphatic carbocycles. The van der Waals surface area contributed by atoms with E-state index in [1.165, 1.54) is 11.3 Å². The van der Waals surface area contributed by atoms with Gasteiger partial charge in [0, 0.05) is 16.1 Å². The molecule has 3 aromatic rings. The molecular weight excluding hydrogens is 334 g/mol. The van der Waals surface area contributed by atoms with Gasteiger partial charge in [-0.3, -0.25) is 10.1 Å². The van der Waals surface area contributed by atoms with Gasteiger partial charge < -0.3 is 4.74 Å². The van der Waals surface area contributed by atoms with E-state index >= 15 is 0 Å². The Labute approximate surface area is 141 Å². The van der Waals surface area contributed by atoms with Crippen LogP contribution in [0.2, 0.25) is 5.02 Å². The maximum Gasteiger partial charge on any atom is 0.257 e. The number of carbonyl (C=O) groups excluding carboxylic acids is 1. The third-order valence-electron chi connectivity index (χ3n) is 3.05. The number of aromatic nitrogens is 2. The van der Waals surface area contributed by atoms with Gasteiger partial charge in [-0.05, 0) is 30.3 Å². The summed E-state index contributed by atoms with van der Waals surface area (Å²) in [5.41, 5.74) is 1.35. The molecule has 1 amide bonds. The summed E-state index contributed by atoms with van der Waals surface area (Å²) in [4.78, 5) is 12.2. The third kappa shape index (κ3) is 3.67. The summed E-state index contributed by atoms with van der Waals surface area (Å²) >= 11 is 7.18. The summed E-state index contributed by atoms with van der Waals surface area (Å²) in [5.74, 6) is 0.461. The summed E-state index contributed by atoms with van der Waals surface area (Å²) in [5, 5.41) is 12.4. The van der Waals surface area contributed by atoms with Crippen LogP contribution in [0.15, 0.2) is 48.5 Å². The van der Waals surface area contributed by atoms with Crippen molar-refractivity contribution < 1.29 is 9.53 Å². The predicted molar refractivity (Wildman–Crippen MR) is 91.3 cm³/mol. The van der Waals surface area contributed by atoms with Crippen LogP contribution in [0.3, 0.4) is 0 Å². The van der Waals surface area contributed by atoms with Crippen molar-refractivity contribution in [2.75, 3.05) is 12.4 Å². The summed E-state index contributed by atoms with van der Waals surface area (Å²) in [6, 6.07) is 14.2. The highest BCUT2D eigenvalue weighted by Crippen LogP contribution is 2.29. The first kappa shape index (κ1) is 15.5. The van der Waals surface area contributed by atoms with Crippen molar-refractivity contribution in [3.8, 4) is 16.3 Å². The molecule has 7 heteroatoms. The fraction of sp³-hybridized carbons (Fsp3) is 0.0625. The molecule has 0 saturated carbocycles. The van der Waals surface area contributed by atoms with Crippen molar-refractivity contribution in [1.82, 2.24) is 10.2 Å². The highest BCUT2D eigenvalue weighted by Gasteiger charge is 2.12. The van der Waals surface area contributed by atoms with Crippen LogP contribution >= 0.6 is 22.9 Å². The van der Waals surface area contributed by atoms with Gasteiger partial charge in [0.05, 0.1) is 7.11 Å². The van der Waals surface area contributed by atoms with Crippen molar-refractivity contribution in [3.63, 3.8) is 0 Å². The van der Waals surface area contributed by atoms with Crippen LogP contribution in [0.25, 0.3) is 10.6 Å². The molecule has 0 aliphatic rings. The zero-order chi connectivity index (χ0) is 16.2. The standard InChI is InChI=1S/C16H12ClN3O2S/c1-22-13-7-3-5-11(9-13)15-19-20-16(23-15)18-14(21)10-4-2-6-12(17)8-10/h2-9H,1H3,(H,18,20,21). The maximum absolute atomic E-state index is 12.2. The Bertz CT molecular complexity index is 851. The largest absolute Gasteiger partial charge is 0.497 e. The quantitative estimate of drug-likeness (QED) is 0.772. The van der Waals surface area contributed by atoms with Crippen LogP contribution in [0.4, 0.5) is 5.13 Å². The number of hydrogen-bond donors (Lipinski definition) is 1. The number of anilines is 1. The molecule has 116 valence electrons. The molecule has 0 saturated heterocycles. The fourth-order valence-electron chi connectivity index (χ4n) is 1.95. The van der Waals surface area contributed by atoms with E-state index in [0.717, 1.165) is 11.3 Å². The van der Waals surface area contributed by atoms with Gasteiger partial charge in [-0.15, -0.1) is 10.2 Å². The highest BCUT2D eigenvalue weighted by atomic mass is 35.5. The molecule has 23 heavy (non-hydrogen) atoms. The van der Waals surface area contributed by atoms with Crippen LogP contribution < -0.4 is 10.1 Å². The zero-order valence-electron chi connectivity index (χ0n) is 12.1. The Morgan fingerprint density at radius 3 is 2.78 bits per heavy atom. The number of carbonyl (C=O) groups is 1. The maximum atomic E-state index is 12.2. The third-order valence-corrected chi connectivity index (χ3v) is 4.17. The Balaban J connectivity index is 1.78. The molecule has 0 spiro atoms. The van der Waals surface area contributed by atoms with Gasteiger partial charge >= 0.3 is 0 Å². The number of ether oxygens (including phenoxy) is 1. The van der Waals surface area contributed by atoms with Crippen molar-refractivity contribution in [3.05, 3.63) is 59.1 Å². The van der Waals surface area contributed by atoms with Gasteiger partial charge in [-0.25, -0.2) is 0 Å². The number of nitrogens with one attached hydrogen (secondary N) is 1. The Hall–Kier alpha value is -2.44. The lowest BCUT2D eigenvalue weighted by molar-refractivity contribution is 0.102.